The lowest BCUT2D eigenvalue weighted by molar-refractivity contribution is 0.132. The Morgan fingerprint density at radius 3 is 2.64 bits per heavy atom. The molecule has 1 heterocycles. The minimum Gasteiger partial charge on any atom is -0.315 e. The lowest BCUT2D eigenvalue weighted by Gasteiger charge is -2.16. The number of nitrogens with zero attached hydrogens (tertiary/aromatic N) is 3. The number of hydrogen-bond donors (Lipinski definition) is 1. The first-order chi connectivity index (χ1) is 11.8. The average molecular weight is 372 g/mol. The predicted molar refractivity (Wildman–Crippen MR) is 91.0 cm³/mol. The quantitative estimate of drug-likeness (QED) is 0.648. The summed E-state index contributed by atoms with van der Waals surface area (Å²) in [5, 5.41) is 2.36. The first-order valence-electron chi connectivity index (χ1n) is 7.09. The molecule has 0 atom stereocenters. The normalized spacial score (nSPS) is 11.9. The Morgan fingerprint density at radius 2 is 2.04 bits per heavy atom. The molecule has 0 unspecified atom stereocenters. The Bertz CT molecular complexity index is 806. The molecule has 10 nitrogen and oxygen atoms in total. The number of imidazole rings is 1. The van der Waals surface area contributed by atoms with Crippen LogP contribution < -0.4 is 11.0 Å². The van der Waals surface area contributed by atoms with Gasteiger partial charge in [0.1, 0.15) is 13.5 Å². The summed E-state index contributed by atoms with van der Waals surface area (Å²) in [6.07, 6.45) is 10.0. The van der Waals surface area contributed by atoms with Crippen molar-refractivity contribution in [1.29, 1.82) is 0 Å². The zero-order valence-corrected chi connectivity index (χ0v) is 14.7. The van der Waals surface area contributed by atoms with Gasteiger partial charge >= 0.3 is 22.1 Å². The van der Waals surface area contributed by atoms with Gasteiger partial charge in [0.2, 0.25) is 0 Å². The van der Waals surface area contributed by atoms with Crippen LogP contribution in [-0.2, 0) is 25.5 Å². The Labute approximate surface area is 145 Å². The van der Waals surface area contributed by atoms with Gasteiger partial charge in [-0.25, -0.2) is 18.0 Å². The minimum atomic E-state index is -4.43. The summed E-state index contributed by atoms with van der Waals surface area (Å²) in [4.78, 5) is 24.4. The van der Waals surface area contributed by atoms with E-state index in [1.165, 1.54) is 29.4 Å². The van der Waals surface area contributed by atoms with Crippen molar-refractivity contribution < 1.29 is 21.6 Å². The van der Waals surface area contributed by atoms with Crippen molar-refractivity contribution in [3.8, 4) is 0 Å². The zero-order chi connectivity index (χ0) is 18.9. The highest BCUT2D eigenvalue weighted by Crippen LogP contribution is 2.01. The van der Waals surface area contributed by atoms with Crippen LogP contribution in [0.1, 0.15) is 13.8 Å². The van der Waals surface area contributed by atoms with Gasteiger partial charge in [0.25, 0.3) is 0 Å². The largest absolute Gasteiger partial charge is 0.403 e. The molecule has 0 bridgehead atoms. The second-order valence-corrected chi connectivity index (χ2v) is 5.73. The smallest absolute Gasteiger partial charge is 0.315 e. The summed E-state index contributed by atoms with van der Waals surface area (Å²) in [7, 11) is -4.43. The lowest BCUT2D eigenvalue weighted by atomic mass is 10.6. The van der Waals surface area contributed by atoms with Gasteiger partial charge in [0.05, 0.1) is 0 Å². The van der Waals surface area contributed by atoms with E-state index in [1.807, 2.05) is 0 Å². The highest BCUT2D eigenvalue weighted by molar-refractivity contribution is 7.81. The molecule has 0 saturated carbocycles. The van der Waals surface area contributed by atoms with E-state index in [4.69, 9.17) is 0 Å². The molecule has 1 aromatic heterocycles. The Balaban J connectivity index is 2.62. The first kappa shape index (κ1) is 20.4. The molecule has 0 aliphatic carbocycles. The molecule has 25 heavy (non-hydrogen) atoms. The topological polar surface area (TPSA) is 112 Å². The van der Waals surface area contributed by atoms with Crippen molar-refractivity contribution in [2.45, 2.75) is 20.6 Å². The molecular formula is C14H20N4O6S. The van der Waals surface area contributed by atoms with Crippen molar-refractivity contribution in [2.24, 2.45) is 0 Å². The summed E-state index contributed by atoms with van der Waals surface area (Å²) in [5.74, 6) is 0. The maximum absolute atomic E-state index is 11.9. The number of nitrogens with one attached hydrogen (secondary N) is 1. The van der Waals surface area contributed by atoms with E-state index in [-0.39, 0.29) is 0 Å². The van der Waals surface area contributed by atoms with Crippen molar-refractivity contribution in [3.05, 3.63) is 54.0 Å². The molecule has 1 N–H and O–H groups in total. The van der Waals surface area contributed by atoms with Gasteiger partial charge in [-0.3, -0.25) is 14.0 Å². The fourth-order valence-corrected chi connectivity index (χ4v) is 2.06. The molecule has 0 fully saturated rings. The Morgan fingerprint density at radius 1 is 1.32 bits per heavy atom. The van der Waals surface area contributed by atoms with E-state index in [1.54, 1.807) is 26.0 Å². The molecule has 0 saturated heterocycles. The van der Waals surface area contributed by atoms with Crippen LogP contribution in [0, 0.1) is 0 Å². The van der Waals surface area contributed by atoms with Gasteiger partial charge in [0.15, 0.2) is 0 Å². The number of aromatic nitrogens is 2. The molecule has 2 amide bonds. The molecule has 1 aromatic rings. The standard InChI is InChI=1S/C14H20N4O6S/c1-4-7-15-13(19)16(6-3)11-23-25(21,22)24-12-18-10-9-17(8-5-2)14(18)20/h4-10H,3,11-12H2,1-2H3,(H,15,19)/b7-4+,8-5+. The number of rotatable bonds is 9. The highest BCUT2D eigenvalue weighted by atomic mass is 32.3. The molecule has 0 radical (unpaired) electrons. The van der Waals surface area contributed by atoms with Crippen molar-refractivity contribution in [3.63, 3.8) is 0 Å². The van der Waals surface area contributed by atoms with E-state index in [2.05, 4.69) is 20.3 Å². The molecule has 1 rings (SSSR count). The second-order valence-electron chi connectivity index (χ2n) is 4.44. The maximum atomic E-state index is 11.9. The van der Waals surface area contributed by atoms with Crippen LogP contribution in [0.2, 0.25) is 0 Å². The fraction of sp³-hybridized carbons (Fsp3) is 0.286. The highest BCUT2D eigenvalue weighted by Gasteiger charge is 2.17. The third-order valence-corrected chi connectivity index (χ3v) is 3.50. The molecule has 0 aliphatic rings. The van der Waals surface area contributed by atoms with Gasteiger partial charge in [-0.1, -0.05) is 18.7 Å². The zero-order valence-electron chi connectivity index (χ0n) is 13.9. The first-order valence-corrected chi connectivity index (χ1v) is 8.42. The minimum absolute atomic E-state index is 0.480. The van der Waals surface area contributed by atoms with Gasteiger partial charge in [-0.2, -0.15) is 8.42 Å². The SMILES string of the molecule is C=CN(COS(=O)(=O)OCn1ccn(/C=C/C)c1=O)C(=O)N/C=C/C. The van der Waals surface area contributed by atoms with E-state index < -0.39 is 35.6 Å². The number of allylic oxidation sites excluding steroid dienone is 2. The third-order valence-electron chi connectivity index (χ3n) is 2.71. The van der Waals surface area contributed by atoms with Crippen LogP contribution in [-0.4, -0.2) is 35.2 Å². The van der Waals surface area contributed by atoms with E-state index in [9.17, 15) is 18.0 Å². The summed E-state index contributed by atoms with van der Waals surface area (Å²) in [6, 6.07) is -0.636. The molecule has 0 aliphatic heterocycles. The molecule has 11 heteroatoms. The van der Waals surface area contributed by atoms with E-state index in [0.717, 1.165) is 15.7 Å². The Kier molecular flexibility index (Phi) is 7.85. The maximum Gasteiger partial charge on any atom is 0.403 e. The third kappa shape index (κ3) is 6.41. The van der Waals surface area contributed by atoms with Crippen molar-refractivity contribution in [2.75, 3.05) is 6.73 Å². The monoisotopic (exact) mass is 372 g/mol. The number of urea groups is 1. The van der Waals surface area contributed by atoms with E-state index >= 15 is 0 Å². The van der Waals surface area contributed by atoms with Gasteiger partial charge in [-0.15, -0.1) is 0 Å². The lowest BCUT2D eigenvalue weighted by Crippen LogP contribution is -2.36. The summed E-state index contributed by atoms with van der Waals surface area (Å²) in [6.45, 7) is 5.61. The van der Waals surface area contributed by atoms with Crippen LogP contribution in [0.15, 0.2) is 48.3 Å². The molecule has 138 valence electrons. The van der Waals surface area contributed by atoms with Crippen LogP contribution in [0.4, 0.5) is 4.79 Å². The predicted octanol–water partition coefficient (Wildman–Crippen LogP) is 1.02. The second kappa shape index (κ2) is 9.61. The van der Waals surface area contributed by atoms with Crippen molar-refractivity contribution in [1.82, 2.24) is 19.4 Å². The molecule has 0 spiro atoms. The number of hydrogen-bond acceptors (Lipinski definition) is 6. The van der Waals surface area contributed by atoms with Gasteiger partial charge in [-0.05, 0) is 13.8 Å². The number of amides is 2. The van der Waals surface area contributed by atoms with Crippen LogP contribution in [0.5, 0.6) is 0 Å². The summed E-state index contributed by atoms with van der Waals surface area (Å²) < 4.78 is 34.9. The number of carbonyl (C=O) groups excluding carboxylic acids is 1. The van der Waals surface area contributed by atoms with Crippen LogP contribution in [0.25, 0.3) is 6.20 Å². The molecular weight excluding hydrogens is 352 g/mol. The Hall–Kier alpha value is -2.63. The van der Waals surface area contributed by atoms with Crippen LogP contribution in [0.3, 0.4) is 0 Å². The van der Waals surface area contributed by atoms with Crippen molar-refractivity contribution >= 4 is 22.6 Å². The number of carbonyl (C=O) groups is 1. The fourth-order valence-electron chi connectivity index (χ4n) is 1.51. The average Bonchev–Trinajstić information content (AvgIpc) is 2.92. The van der Waals surface area contributed by atoms with E-state index in [0.29, 0.717) is 0 Å². The molecule has 0 aromatic carbocycles. The van der Waals surface area contributed by atoms with Gasteiger partial charge < -0.3 is 5.32 Å². The van der Waals surface area contributed by atoms with Gasteiger partial charge in [0, 0.05) is 31.0 Å². The summed E-state index contributed by atoms with van der Waals surface area (Å²) >= 11 is 0. The van der Waals surface area contributed by atoms with Crippen LogP contribution >= 0.6 is 0 Å². The summed E-state index contributed by atoms with van der Waals surface area (Å²) in [5.41, 5.74) is -0.480.